The number of nitrogens with one attached hydrogen (secondary N) is 1. The zero-order valence-electron chi connectivity index (χ0n) is 11.3. The van der Waals surface area contributed by atoms with Crippen molar-refractivity contribution in [1.29, 1.82) is 0 Å². The van der Waals surface area contributed by atoms with E-state index in [9.17, 15) is 13.2 Å². The van der Waals surface area contributed by atoms with Crippen LogP contribution in [0.3, 0.4) is 0 Å². The molecule has 0 spiro atoms. The average Bonchev–Trinajstić information content (AvgIpc) is 2.87. The summed E-state index contributed by atoms with van der Waals surface area (Å²) < 4.78 is 39.7. The number of hydrogen-bond donors (Lipinski definition) is 1. The first-order valence-corrected chi connectivity index (χ1v) is 6.36. The predicted molar refractivity (Wildman–Crippen MR) is 71.4 cm³/mol. The largest absolute Gasteiger partial charge is 0.416 e. The highest BCUT2D eigenvalue weighted by atomic mass is 19.4. The van der Waals surface area contributed by atoms with Crippen molar-refractivity contribution in [2.45, 2.75) is 32.6 Å². The molecule has 0 aliphatic carbocycles. The number of nitrogens with zero attached hydrogens (tertiary/aromatic N) is 2. The summed E-state index contributed by atoms with van der Waals surface area (Å²) in [7, 11) is 0. The van der Waals surface area contributed by atoms with E-state index in [1.54, 1.807) is 16.9 Å². The summed E-state index contributed by atoms with van der Waals surface area (Å²) in [5, 5.41) is 7.21. The summed E-state index contributed by atoms with van der Waals surface area (Å²) in [6.07, 6.45) is -0.728. The standard InChI is InChI=1S/C14H16F3N3/c1-3-20-9-11(8-18-20)10(2)19-13-6-4-5-12(7-13)14(15,16)17/h4-10,19H,3H2,1-2H3. The molecule has 108 valence electrons. The molecule has 0 saturated carbocycles. The van der Waals surface area contributed by atoms with E-state index in [4.69, 9.17) is 0 Å². The van der Waals surface area contributed by atoms with Crippen LogP contribution >= 0.6 is 0 Å². The van der Waals surface area contributed by atoms with Crippen molar-refractivity contribution in [2.75, 3.05) is 5.32 Å². The topological polar surface area (TPSA) is 29.9 Å². The van der Waals surface area contributed by atoms with Crippen molar-refractivity contribution in [2.24, 2.45) is 0 Å². The molecule has 0 saturated heterocycles. The van der Waals surface area contributed by atoms with Crippen LogP contribution in [0.15, 0.2) is 36.7 Å². The Kier molecular flexibility index (Phi) is 4.01. The van der Waals surface area contributed by atoms with Gasteiger partial charge in [0, 0.05) is 24.0 Å². The Hall–Kier alpha value is -1.98. The lowest BCUT2D eigenvalue weighted by Gasteiger charge is -2.15. The normalized spacial score (nSPS) is 13.2. The third-order valence-corrected chi connectivity index (χ3v) is 3.05. The Morgan fingerprint density at radius 2 is 2.10 bits per heavy atom. The van der Waals surface area contributed by atoms with Gasteiger partial charge in [-0.1, -0.05) is 6.07 Å². The van der Waals surface area contributed by atoms with Crippen molar-refractivity contribution in [3.63, 3.8) is 0 Å². The second-order valence-corrected chi connectivity index (χ2v) is 4.57. The maximum absolute atomic E-state index is 12.6. The maximum Gasteiger partial charge on any atom is 0.416 e. The first kappa shape index (κ1) is 14.4. The molecule has 1 aromatic carbocycles. The van der Waals surface area contributed by atoms with Gasteiger partial charge in [0.05, 0.1) is 17.8 Å². The van der Waals surface area contributed by atoms with Crippen LogP contribution in [0.25, 0.3) is 0 Å². The number of anilines is 1. The summed E-state index contributed by atoms with van der Waals surface area (Å²) in [5.41, 5.74) is 0.722. The van der Waals surface area contributed by atoms with Gasteiger partial charge >= 0.3 is 6.18 Å². The number of alkyl halides is 3. The molecule has 1 atom stereocenters. The van der Waals surface area contributed by atoms with Gasteiger partial charge in [0.15, 0.2) is 0 Å². The van der Waals surface area contributed by atoms with E-state index in [0.29, 0.717) is 5.69 Å². The molecule has 0 radical (unpaired) electrons. The van der Waals surface area contributed by atoms with Crippen molar-refractivity contribution in [3.05, 3.63) is 47.8 Å². The highest BCUT2D eigenvalue weighted by molar-refractivity contribution is 5.48. The molecule has 0 amide bonds. The second-order valence-electron chi connectivity index (χ2n) is 4.57. The van der Waals surface area contributed by atoms with Crippen LogP contribution < -0.4 is 5.32 Å². The van der Waals surface area contributed by atoms with Crippen LogP contribution in [0.4, 0.5) is 18.9 Å². The van der Waals surface area contributed by atoms with E-state index >= 15 is 0 Å². The minimum atomic E-state index is -4.33. The van der Waals surface area contributed by atoms with Gasteiger partial charge in [-0.05, 0) is 32.0 Å². The van der Waals surface area contributed by atoms with Crippen LogP contribution in [0.1, 0.15) is 31.0 Å². The van der Waals surface area contributed by atoms with Gasteiger partial charge < -0.3 is 5.32 Å². The molecule has 0 aliphatic heterocycles. The summed E-state index contributed by atoms with van der Waals surface area (Å²) in [4.78, 5) is 0. The Balaban J connectivity index is 2.13. The molecule has 1 unspecified atom stereocenters. The molecule has 0 aliphatic rings. The molecule has 0 fully saturated rings. The lowest BCUT2D eigenvalue weighted by Crippen LogP contribution is -2.09. The smallest absolute Gasteiger partial charge is 0.378 e. The van der Waals surface area contributed by atoms with E-state index in [1.807, 2.05) is 20.0 Å². The number of halogens is 3. The van der Waals surface area contributed by atoms with Crippen molar-refractivity contribution in [1.82, 2.24) is 9.78 Å². The zero-order valence-corrected chi connectivity index (χ0v) is 11.3. The molecule has 1 aromatic heterocycles. The van der Waals surface area contributed by atoms with Gasteiger partial charge in [-0.3, -0.25) is 4.68 Å². The maximum atomic E-state index is 12.6. The summed E-state index contributed by atoms with van der Waals surface area (Å²) in [6.45, 7) is 4.62. The van der Waals surface area contributed by atoms with Gasteiger partial charge in [-0.15, -0.1) is 0 Å². The van der Waals surface area contributed by atoms with Gasteiger partial charge in [-0.2, -0.15) is 18.3 Å². The first-order valence-electron chi connectivity index (χ1n) is 6.36. The van der Waals surface area contributed by atoms with Gasteiger partial charge in [-0.25, -0.2) is 0 Å². The third-order valence-electron chi connectivity index (χ3n) is 3.05. The minimum absolute atomic E-state index is 0.112. The van der Waals surface area contributed by atoms with Crippen molar-refractivity contribution < 1.29 is 13.2 Å². The Bertz CT molecular complexity index is 575. The number of rotatable bonds is 4. The molecule has 3 nitrogen and oxygen atoms in total. The lowest BCUT2D eigenvalue weighted by molar-refractivity contribution is -0.137. The highest BCUT2D eigenvalue weighted by Gasteiger charge is 2.30. The van der Waals surface area contributed by atoms with E-state index in [0.717, 1.165) is 24.2 Å². The summed E-state index contributed by atoms with van der Waals surface area (Å²) in [6, 6.07) is 5.08. The van der Waals surface area contributed by atoms with E-state index in [2.05, 4.69) is 10.4 Å². The fourth-order valence-corrected chi connectivity index (χ4v) is 1.89. The first-order chi connectivity index (χ1) is 9.40. The van der Waals surface area contributed by atoms with Crippen LogP contribution in [-0.4, -0.2) is 9.78 Å². The van der Waals surface area contributed by atoms with Crippen LogP contribution in [0.5, 0.6) is 0 Å². The Labute approximate surface area is 115 Å². The molecular weight excluding hydrogens is 267 g/mol. The van der Waals surface area contributed by atoms with Crippen LogP contribution in [0, 0.1) is 0 Å². The predicted octanol–water partition coefficient (Wildman–Crippen LogP) is 4.09. The Morgan fingerprint density at radius 1 is 1.35 bits per heavy atom. The number of aryl methyl sites for hydroxylation is 1. The zero-order chi connectivity index (χ0) is 14.8. The molecule has 1 N–H and O–H groups in total. The number of aromatic nitrogens is 2. The second kappa shape index (κ2) is 5.56. The van der Waals surface area contributed by atoms with Crippen LogP contribution in [0.2, 0.25) is 0 Å². The average molecular weight is 283 g/mol. The fraction of sp³-hybridized carbons (Fsp3) is 0.357. The SMILES string of the molecule is CCn1cc(C(C)Nc2cccc(C(F)(F)F)c2)cn1. The number of hydrogen-bond acceptors (Lipinski definition) is 2. The van der Waals surface area contributed by atoms with Gasteiger partial charge in [0.2, 0.25) is 0 Å². The highest BCUT2D eigenvalue weighted by Crippen LogP contribution is 2.31. The van der Waals surface area contributed by atoms with E-state index in [-0.39, 0.29) is 6.04 Å². The lowest BCUT2D eigenvalue weighted by atomic mass is 10.1. The van der Waals surface area contributed by atoms with Crippen molar-refractivity contribution in [3.8, 4) is 0 Å². The van der Waals surface area contributed by atoms with E-state index in [1.165, 1.54) is 6.07 Å². The quantitative estimate of drug-likeness (QED) is 0.915. The monoisotopic (exact) mass is 283 g/mol. The molecule has 2 rings (SSSR count). The van der Waals surface area contributed by atoms with Gasteiger partial charge in [0.25, 0.3) is 0 Å². The molecule has 1 heterocycles. The molecule has 2 aromatic rings. The Morgan fingerprint density at radius 3 is 2.70 bits per heavy atom. The summed E-state index contributed by atoms with van der Waals surface area (Å²) >= 11 is 0. The van der Waals surface area contributed by atoms with Crippen molar-refractivity contribution >= 4 is 5.69 Å². The van der Waals surface area contributed by atoms with E-state index < -0.39 is 11.7 Å². The summed E-state index contributed by atoms with van der Waals surface area (Å²) in [5.74, 6) is 0. The number of benzene rings is 1. The third kappa shape index (κ3) is 3.31. The molecular formula is C14H16F3N3. The van der Waals surface area contributed by atoms with Crippen LogP contribution in [-0.2, 0) is 12.7 Å². The molecule has 20 heavy (non-hydrogen) atoms. The van der Waals surface area contributed by atoms with Gasteiger partial charge in [0.1, 0.15) is 0 Å². The fourth-order valence-electron chi connectivity index (χ4n) is 1.89. The molecule has 0 bridgehead atoms. The molecule has 6 heteroatoms. The minimum Gasteiger partial charge on any atom is -0.378 e.